The molecule has 4 nitrogen and oxygen atoms in total. The number of benzene rings is 1. The zero-order chi connectivity index (χ0) is 14.0. The van der Waals surface area contributed by atoms with Crippen molar-refractivity contribution >= 4 is 11.6 Å². The van der Waals surface area contributed by atoms with Gasteiger partial charge in [-0.1, -0.05) is 32.9 Å². The quantitative estimate of drug-likeness (QED) is 0.844. The molecule has 0 saturated heterocycles. The number of anilines is 1. The molecule has 0 spiro atoms. The Morgan fingerprint density at radius 2 is 2.05 bits per heavy atom. The standard InChI is InChI=1S/C15H22N2O2/c1-15(2,3)13(16)14(18)17-9-6-10-19-12-8-5-4-7-11(12)17/h4-5,7-8,13H,6,9-10,16H2,1-3H3/t13-/m1/s1. The van der Waals surface area contributed by atoms with E-state index in [0.29, 0.717) is 13.2 Å². The Balaban J connectivity index is 2.32. The first-order valence-corrected chi connectivity index (χ1v) is 6.70. The molecule has 1 aliphatic heterocycles. The van der Waals surface area contributed by atoms with Crippen LogP contribution in [0.5, 0.6) is 5.75 Å². The fourth-order valence-corrected chi connectivity index (χ4v) is 2.09. The molecule has 0 aromatic heterocycles. The second-order valence-electron chi connectivity index (χ2n) is 6.00. The highest BCUT2D eigenvalue weighted by molar-refractivity contribution is 5.98. The molecule has 1 heterocycles. The minimum absolute atomic E-state index is 0.0366. The van der Waals surface area contributed by atoms with E-state index in [0.717, 1.165) is 17.9 Å². The smallest absolute Gasteiger partial charge is 0.244 e. The van der Waals surface area contributed by atoms with Crippen LogP contribution in [0.25, 0.3) is 0 Å². The molecule has 0 saturated carbocycles. The Labute approximate surface area is 114 Å². The highest BCUT2D eigenvalue weighted by atomic mass is 16.5. The second-order valence-corrected chi connectivity index (χ2v) is 6.00. The Morgan fingerprint density at radius 3 is 2.74 bits per heavy atom. The van der Waals surface area contributed by atoms with Gasteiger partial charge in [-0.05, 0) is 24.0 Å². The van der Waals surface area contributed by atoms with Crippen molar-refractivity contribution in [3.8, 4) is 5.75 Å². The predicted molar refractivity (Wildman–Crippen MR) is 76.3 cm³/mol. The van der Waals surface area contributed by atoms with Crippen LogP contribution >= 0.6 is 0 Å². The number of carbonyl (C=O) groups excluding carboxylic acids is 1. The first-order valence-electron chi connectivity index (χ1n) is 6.70. The zero-order valence-corrected chi connectivity index (χ0v) is 11.8. The van der Waals surface area contributed by atoms with Crippen LogP contribution < -0.4 is 15.4 Å². The number of para-hydroxylation sites is 2. The monoisotopic (exact) mass is 262 g/mol. The number of nitrogens with zero attached hydrogens (tertiary/aromatic N) is 1. The molecule has 1 amide bonds. The van der Waals surface area contributed by atoms with Gasteiger partial charge < -0.3 is 15.4 Å². The third-order valence-electron chi connectivity index (χ3n) is 3.40. The summed E-state index contributed by atoms with van der Waals surface area (Å²) in [6, 6.07) is 7.11. The third kappa shape index (κ3) is 2.89. The van der Waals surface area contributed by atoms with Crippen molar-refractivity contribution in [2.75, 3.05) is 18.1 Å². The Bertz CT molecular complexity index is 465. The lowest BCUT2D eigenvalue weighted by molar-refractivity contribution is -0.121. The number of nitrogens with two attached hydrogens (primary N) is 1. The summed E-state index contributed by atoms with van der Waals surface area (Å²) in [4.78, 5) is 14.4. The average molecular weight is 262 g/mol. The van der Waals surface area contributed by atoms with Crippen molar-refractivity contribution in [3.63, 3.8) is 0 Å². The van der Waals surface area contributed by atoms with Gasteiger partial charge in [0.1, 0.15) is 5.75 Å². The lowest BCUT2D eigenvalue weighted by Gasteiger charge is -2.31. The van der Waals surface area contributed by atoms with Gasteiger partial charge in [0.15, 0.2) is 0 Å². The predicted octanol–water partition coefficient (Wildman–Crippen LogP) is 2.18. The molecule has 104 valence electrons. The number of amides is 1. The van der Waals surface area contributed by atoms with Gasteiger partial charge in [-0.15, -0.1) is 0 Å². The molecule has 1 aliphatic rings. The molecule has 0 unspecified atom stereocenters. The summed E-state index contributed by atoms with van der Waals surface area (Å²) in [7, 11) is 0. The van der Waals surface area contributed by atoms with E-state index in [1.165, 1.54) is 0 Å². The van der Waals surface area contributed by atoms with Gasteiger partial charge in [0.2, 0.25) is 5.91 Å². The fourth-order valence-electron chi connectivity index (χ4n) is 2.09. The molecule has 0 radical (unpaired) electrons. The summed E-state index contributed by atoms with van der Waals surface area (Å²) in [5.41, 5.74) is 6.67. The molecular formula is C15H22N2O2. The van der Waals surface area contributed by atoms with Crippen molar-refractivity contribution in [2.45, 2.75) is 33.2 Å². The normalized spacial score (nSPS) is 17.2. The largest absolute Gasteiger partial charge is 0.491 e. The Kier molecular flexibility index (Phi) is 3.80. The van der Waals surface area contributed by atoms with Gasteiger partial charge >= 0.3 is 0 Å². The Hall–Kier alpha value is -1.55. The molecule has 1 aromatic rings. The molecule has 1 aromatic carbocycles. The first-order chi connectivity index (χ1) is 8.91. The highest BCUT2D eigenvalue weighted by Gasteiger charge is 2.33. The summed E-state index contributed by atoms with van der Waals surface area (Å²) in [6.07, 6.45) is 0.817. The van der Waals surface area contributed by atoms with Crippen LogP contribution in [-0.2, 0) is 4.79 Å². The average Bonchev–Trinajstić information content (AvgIpc) is 2.58. The maximum absolute atomic E-state index is 12.6. The first kappa shape index (κ1) is 13.9. The van der Waals surface area contributed by atoms with E-state index in [1.54, 1.807) is 4.90 Å². The van der Waals surface area contributed by atoms with Gasteiger partial charge in [0, 0.05) is 6.54 Å². The summed E-state index contributed by atoms with van der Waals surface area (Å²) >= 11 is 0. The van der Waals surface area contributed by atoms with Gasteiger partial charge in [-0.25, -0.2) is 0 Å². The van der Waals surface area contributed by atoms with Crippen LogP contribution in [0.3, 0.4) is 0 Å². The lowest BCUT2D eigenvalue weighted by Crippen LogP contribution is -2.50. The molecule has 0 bridgehead atoms. The van der Waals surface area contributed by atoms with E-state index >= 15 is 0 Å². The second kappa shape index (κ2) is 5.21. The fraction of sp³-hybridized carbons (Fsp3) is 0.533. The van der Waals surface area contributed by atoms with Crippen LogP contribution in [0.4, 0.5) is 5.69 Å². The van der Waals surface area contributed by atoms with Crippen molar-refractivity contribution < 1.29 is 9.53 Å². The summed E-state index contributed by atoms with van der Waals surface area (Å²) in [5.74, 6) is 0.722. The lowest BCUT2D eigenvalue weighted by atomic mass is 9.86. The van der Waals surface area contributed by atoms with Gasteiger partial charge in [-0.3, -0.25) is 4.79 Å². The van der Waals surface area contributed by atoms with Crippen LogP contribution in [0, 0.1) is 5.41 Å². The van der Waals surface area contributed by atoms with Crippen LogP contribution in [0.1, 0.15) is 27.2 Å². The van der Waals surface area contributed by atoms with Crippen LogP contribution in [0.2, 0.25) is 0 Å². The molecule has 0 fully saturated rings. The van der Waals surface area contributed by atoms with Crippen LogP contribution in [0.15, 0.2) is 24.3 Å². The Morgan fingerprint density at radius 1 is 1.37 bits per heavy atom. The van der Waals surface area contributed by atoms with E-state index in [9.17, 15) is 4.79 Å². The van der Waals surface area contributed by atoms with Gasteiger partial charge in [0.05, 0.1) is 18.3 Å². The minimum Gasteiger partial charge on any atom is -0.491 e. The molecule has 2 rings (SSSR count). The SMILES string of the molecule is CC(C)(C)[C@H](N)C(=O)N1CCCOc2ccccc21. The third-order valence-corrected chi connectivity index (χ3v) is 3.40. The van der Waals surface area contributed by atoms with Crippen LogP contribution in [-0.4, -0.2) is 25.1 Å². The highest BCUT2D eigenvalue weighted by Crippen LogP contribution is 2.32. The number of rotatable bonds is 1. The summed E-state index contributed by atoms with van der Waals surface area (Å²) in [5, 5.41) is 0. The molecule has 4 heteroatoms. The zero-order valence-electron chi connectivity index (χ0n) is 11.8. The van der Waals surface area contributed by atoms with E-state index in [1.807, 2.05) is 45.0 Å². The molecule has 2 N–H and O–H groups in total. The number of carbonyl (C=O) groups is 1. The molecule has 19 heavy (non-hydrogen) atoms. The van der Waals surface area contributed by atoms with Crippen molar-refractivity contribution in [2.24, 2.45) is 11.1 Å². The topological polar surface area (TPSA) is 55.6 Å². The molecular weight excluding hydrogens is 240 g/mol. The molecule has 1 atom stereocenters. The number of hydrogen-bond acceptors (Lipinski definition) is 3. The summed E-state index contributed by atoms with van der Waals surface area (Å²) < 4.78 is 5.66. The van der Waals surface area contributed by atoms with E-state index in [-0.39, 0.29) is 11.3 Å². The van der Waals surface area contributed by atoms with Crippen molar-refractivity contribution in [1.82, 2.24) is 0 Å². The number of fused-ring (bicyclic) bond motifs is 1. The number of hydrogen-bond donors (Lipinski definition) is 1. The number of ether oxygens (including phenoxy) is 1. The maximum atomic E-state index is 12.6. The van der Waals surface area contributed by atoms with Crippen molar-refractivity contribution in [1.29, 1.82) is 0 Å². The van der Waals surface area contributed by atoms with E-state index in [4.69, 9.17) is 10.5 Å². The summed E-state index contributed by atoms with van der Waals surface area (Å²) in [6.45, 7) is 7.23. The van der Waals surface area contributed by atoms with E-state index < -0.39 is 6.04 Å². The van der Waals surface area contributed by atoms with Gasteiger partial charge in [0.25, 0.3) is 0 Å². The minimum atomic E-state index is -0.515. The van der Waals surface area contributed by atoms with Crippen molar-refractivity contribution in [3.05, 3.63) is 24.3 Å². The molecule has 0 aliphatic carbocycles. The van der Waals surface area contributed by atoms with Gasteiger partial charge in [-0.2, -0.15) is 0 Å². The maximum Gasteiger partial charge on any atom is 0.244 e. The van der Waals surface area contributed by atoms with E-state index in [2.05, 4.69) is 0 Å².